The fraction of sp³-hybridized carbons (Fsp3) is 0.833. The van der Waals surface area contributed by atoms with Crippen LogP contribution in [0.2, 0.25) is 0 Å². The van der Waals surface area contributed by atoms with Gasteiger partial charge in [0, 0.05) is 13.0 Å². The summed E-state index contributed by atoms with van der Waals surface area (Å²) in [6, 6.07) is -0.883. The van der Waals surface area contributed by atoms with Gasteiger partial charge in [0.2, 0.25) is 5.91 Å². The molecule has 3 atom stereocenters. The second-order valence-corrected chi connectivity index (χ2v) is 8.31. The fourth-order valence-corrected chi connectivity index (χ4v) is 5.07. The fourth-order valence-electron chi connectivity index (χ4n) is 2.98. The molecule has 0 aromatic rings. The lowest BCUT2D eigenvalue weighted by Gasteiger charge is -2.26. The minimum absolute atomic E-state index is 0.0456. The summed E-state index contributed by atoms with van der Waals surface area (Å²) in [6.07, 6.45) is -0.318. The van der Waals surface area contributed by atoms with Crippen molar-refractivity contribution in [2.75, 3.05) is 24.6 Å². The number of nitrogens with zero attached hydrogens (tertiary/aromatic N) is 1. The van der Waals surface area contributed by atoms with Crippen molar-refractivity contribution in [2.45, 2.75) is 37.5 Å². The van der Waals surface area contributed by atoms with Gasteiger partial charge in [-0.15, -0.1) is 0 Å². The van der Waals surface area contributed by atoms with Gasteiger partial charge in [-0.25, -0.2) is 8.42 Å². The number of carboxylic acid groups (broad SMARTS) is 1. The summed E-state index contributed by atoms with van der Waals surface area (Å²) in [5.41, 5.74) is -0.799. The molecule has 2 aliphatic rings. The van der Waals surface area contributed by atoms with E-state index in [4.69, 9.17) is 5.11 Å². The highest BCUT2D eigenvalue weighted by Gasteiger charge is 2.41. The van der Waals surface area contributed by atoms with Crippen molar-refractivity contribution in [1.29, 1.82) is 0 Å². The average Bonchev–Trinajstić information content (AvgIpc) is 2.79. The van der Waals surface area contributed by atoms with Crippen molar-refractivity contribution in [3.63, 3.8) is 0 Å². The molecule has 2 aliphatic heterocycles. The molecule has 2 rings (SSSR count). The third-order valence-corrected chi connectivity index (χ3v) is 5.86. The molecule has 0 aliphatic carbocycles. The van der Waals surface area contributed by atoms with Crippen molar-refractivity contribution in [1.82, 2.24) is 10.2 Å². The summed E-state index contributed by atoms with van der Waals surface area (Å²) >= 11 is 0. The van der Waals surface area contributed by atoms with Gasteiger partial charge in [-0.2, -0.15) is 0 Å². The number of carbonyl (C=O) groups excluding carboxylic acids is 1. The largest absolute Gasteiger partial charge is 0.480 e. The Labute approximate surface area is 123 Å². The number of aliphatic carboxylic acids is 1. The Bertz CT molecular complexity index is 548. The van der Waals surface area contributed by atoms with Gasteiger partial charge in [0.25, 0.3) is 0 Å². The maximum Gasteiger partial charge on any atom is 0.321 e. The first-order valence-electron chi connectivity index (χ1n) is 6.77. The molecule has 1 amide bonds. The lowest BCUT2D eigenvalue weighted by Crippen LogP contribution is -2.51. The molecule has 0 radical (unpaired) electrons. The molecule has 2 fully saturated rings. The normalized spacial score (nSPS) is 35.7. The standard InChI is InChI=1S/C12H20N2O6S/c1-12(2-3-21(19,20)7-12)13-10(16)6-14-5-8(15)4-9(14)11(17)18/h8-9,15H,2-7H2,1H3,(H,13,16)(H,17,18). The van der Waals surface area contributed by atoms with Crippen molar-refractivity contribution >= 4 is 21.7 Å². The molecular weight excluding hydrogens is 300 g/mol. The van der Waals surface area contributed by atoms with Crippen LogP contribution in [0.4, 0.5) is 0 Å². The molecule has 2 heterocycles. The average molecular weight is 320 g/mol. The Hall–Kier alpha value is -1.19. The first kappa shape index (κ1) is 16.2. The van der Waals surface area contributed by atoms with Gasteiger partial charge >= 0.3 is 5.97 Å². The molecule has 0 spiro atoms. The molecule has 8 nitrogen and oxygen atoms in total. The van der Waals surface area contributed by atoms with Crippen LogP contribution in [-0.4, -0.2) is 77.7 Å². The molecule has 2 saturated heterocycles. The van der Waals surface area contributed by atoms with E-state index in [9.17, 15) is 23.1 Å². The van der Waals surface area contributed by atoms with Crippen LogP contribution in [0.5, 0.6) is 0 Å². The molecule has 0 aromatic carbocycles. The van der Waals surface area contributed by atoms with E-state index in [1.54, 1.807) is 6.92 Å². The SMILES string of the molecule is CC1(NC(=O)CN2CC(O)CC2C(=O)O)CCS(=O)(=O)C1. The van der Waals surface area contributed by atoms with Crippen LogP contribution < -0.4 is 5.32 Å². The van der Waals surface area contributed by atoms with E-state index >= 15 is 0 Å². The second kappa shape index (κ2) is 5.54. The molecule has 3 N–H and O–H groups in total. The number of sulfone groups is 1. The zero-order valence-corrected chi connectivity index (χ0v) is 12.6. The van der Waals surface area contributed by atoms with Gasteiger partial charge in [-0.05, 0) is 13.3 Å². The summed E-state index contributed by atoms with van der Waals surface area (Å²) in [5, 5.41) is 21.3. The van der Waals surface area contributed by atoms with Gasteiger partial charge < -0.3 is 15.5 Å². The number of hydrogen-bond acceptors (Lipinski definition) is 6. The topological polar surface area (TPSA) is 124 Å². The number of amides is 1. The number of β-amino-alcohol motifs (C(OH)–C–C–N with tert-alkyl or cyclic N) is 1. The van der Waals surface area contributed by atoms with Crippen molar-refractivity contribution in [3.8, 4) is 0 Å². The first-order valence-corrected chi connectivity index (χ1v) is 8.59. The molecule has 9 heteroatoms. The van der Waals surface area contributed by atoms with Crippen molar-refractivity contribution in [2.24, 2.45) is 0 Å². The number of nitrogens with one attached hydrogen (secondary N) is 1. The third kappa shape index (κ3) is 3.92. The Morgan fingerprint density at radius 2 is 2.10 bits per heavy atom. The monoisotopic (exact) mass is 320 g/mol. The molecule has 0 bridgehead atoms. The van der Waals surface area contributed by atoms with Crippen LogP contribution in [0.1, 0.15) is 19.8 Å². The highest BCUT2D eigenvalue weighted by molar-refractivity contribution is 7.91. The third-order valence-electron chi connectivity index (χ3n) is 3.96. The minimum Gasteiger partial charge on any atom is -0.480 e. The first-order chi connectivity index (χ1) is 9.60. The quantitative estimate of drug-likeness (QED) is 0.558. The van der Waals surface area contributed by atoms with Crippen LogP contribution in [0, 0.1) is 0 Å². The zero-order chi connectivity index (χ0) is 15.8. The van der Waals surface area contributed by atoms with Crippen LogP contribution >= 0.6 is 0 Å². The lowest BCUT2D eigenvalue weighted by molar-refractivity contribution is -0.142. The summed E-state index contributed by atoms with van der Waals surface area (Å²) < 4.78 is 23.0. The Kier molecular flexibility index (Phi) is 4.27. The van der Waals surface area contributed by atoms with E-state index in [1.807, 2.05) is 0 Å². The van der Waals surface area contributed by atoms with Crippen molar-refractivity contribution in [3.05, 3.63) is 0 Å². The van der Waals surface area contributed by atoms with E-state index in [0.717, 1.165) is 0 Å². The molecule has 120 valence electrons. The smallest absolute Gasteiger partial charge is 0.321 e. The van der Waals surface area contributed by atoms with Crippen LogP contribution in [0.25, 0.3) is 0 Å². The van der Waals surface area contributed by atoms with Crippen LogP contribution in [-0.2, 0) is 19.4 Å². The maximum atomic E-state index is 12.0. The lowest BCUT2D eigenvalue weighted by atomic mass is 10.0. The van der Waals surface area contributed by atoms with Crippen molar-refractivity contribution < 1.29 is 28.2 Å². The summed E-state index contributed by atoms with van der Waals surface area (Å²) in [5.74, 6) is -1.55. The molecular formula is C12H20N2O6S. The Morgan fingerprint density at radius 1 is 1.43 bits per heavy atom. The van der Waals surface area contributed by atoms with E-state index in [0.29, 0.717) is 6.42 Å². The molecule has 21 heavy (non-hydrogen) atoms. The van der Waals surface area contributed by atoms with Crippen LogP contribution in [0.3, 0.4) is 0 Å². The molecule has 3 unspecified atom stereocenters. The summed E-state index contributed by atoms with van der Waals surface area (Å²) in [4.78, 5) is 24.5. The van der Waals surface area contributed by atoms with E-state index < -0.39 is 39.4 Å². The number of aliphatic hydroxyl groups is 1. The number of carboxylic acids is 1. The van der Waals surface area contributed by atoms with Gasteiger partial charge in [0.05, 0.1) is 29.7 Å². The number of carbonyl (C=O) groups is 2. The molecule has 0 aromatic heterocycles. The van der Waals surface area contributed by atoms with Gasteiger partial charge in [0.1, 0.15) is 6.04 Å². The zero-order valence-electron chi connectivity index (χ0n) is 11.8. The minimum atomic E-state index is -3.12. The second-order valence-electron chi connectivity index (χ2n) is 6.12. The Morgan fingerprint density at radius 3 is 2.62 bits per heavy atom. The summed E-state index contributed by atoms with van der Waals surface area (Å²) in [7, 11) is -3.12. The van der Waals surface area contributed by atoms with Gasteiger partial charge in [-0.3, -0.25) is 14.5 Å². The number of hydrogen-bond donors (Lipinski definition) is 3. The number of likely N-dealkylation sites (tertiary alicyclic amines) is 1. The molecule has 0 saturated carbocycles. The maximum absolute atomic E-state index is 12.0. The number of rotatable bonds is 4. The predicted molar refractivity (Wildman–Crippen MR) is 73.4 cm³/mol. The summed E-state index contributed by atoms with van der Waals surface area (Å²) in [6.45, 7) is 1.63. The highest BCUT2D eigenvalue weighted by Crippen LogP contribution is 2.23. The number of aliphatic hydroxyl groups excluding tert-OH is 1. The van der Waals surface area contributed by atoms with Crippen LogP contribution in [0.15, 0.2) is 0 Å². The predicted octanol–water partition coefficient (Wildman–Crippen LogP) is -1.80. The Balaban J connectivity index is 1.94. The van der Waals surface area contributed by atoms with E-state index in [-0.39, 0.29) is 31.0 Å². The van der Waals surface area contributed by atoms with Gasteiger partial charge in [-0.1, -0.05) is 0 Å². The van der Waals surface area contributed by atoms with E-state index in [1.165, 1.54) is 4.90 Å². The highest BCUT2D eigenvalue weighted by atomic mass is 32.2. The van der Waals surface area contributed by atoms with Gasteiger partial charge in [0.15, 0.2) is 9.84 Å². The van der Waals surface area contributed by atoms with E-state index in [2.05, 4.69) is 5.32 Å².